The summed E-state index contributed by atoms with van der Waals surface area (Å²) in [7, 11) is 0. The minimum absolute atomic E-state index is 0.000401. The number of nitrogens with one attached hydrogen (secondary N) is 11. The first-order valence-electron chi connectivity index (χ1n) is 42.0. The highest BCUT2D eigenvalue weighted by molar-refractivity contribution is 6.02. The van der Waals surface area contributed by atoms with Crippen molar-refractivity contribution in [2.45, 2.75) is 316 Å². The number of Topliss-reactive ketones (excluding diaryl/α,β-unsaturated/α-hetero) is 3. The Morgan fingerprint density at radius 2 is 1.18 bits per heavy atom. The van der Waals surface area contributed by atoms with Crippen molar-refractivity contribution in [1.29, 1.82) is 0 Å². The molecule has 2 aliphatic rings. The molecule has 0 spiro atoms. The van der Waals surface area contributed by atoms with E-state index in [4.69, 9.17) is 22.9 Å². The van der Waals surface area contributed by atoms with Crippen molar-refractivity contribution in [2.75, 3.05) is 19.6 Å². The summed E-state index contributed by atoms with van der Waals surface area (Å²) < 4.78 is 0. The Balaban J connectivity index is 2.18. The number of carboxylic acid groups (broad SMARTS) is 1. The van der Waals surface area contributed by atoms with Gasteiger partial charge in [-0.2, -0.15) is 0 Å². The molecule has 0 bridgehead atoms. The zero-order valence-corrected chi connectivity index (χ0v) is 72.2. The summed E-state index contributed by atoms with van der Waals surface area (Å²) in [5.74, 6) is -17.1. The lowest BCUT2D eigenvalue weighted by atomic mass is 9.77. The number of unbranched alkanes of at least 4 members (excludes halogenated alkanes) is 1. The smallest absolute Gasteiger partial charge is 0.305 e. The fourth-order valence-corrected chi connectivity index (χ4v) is 14.5. The number of nitrogens with two attached hydrogens (primary N) is 4. The summed E-state index contributed by atoms with van der Waals surface area (Å²) in [5, 5.41) is 50.4. The maximum Gasteiger partial charge on any atom is 0.305 e. The minimum Gasteiger partial charge on any atom is -0.481 e. The van der Waals surface area contributed by atoms with Crippen LogP contribution in [0.2, 0.25) is 0 Å². The molecule has 1 aromatic rings. The fraction of sp³-hybridized carbons (Fsp3) is 0.690. The van der Waals surface area contributed by atoms with Crippen molar-refractivity contribution in [3.63, 3.8) is 0 Å². The van der Waals surface area contributed by atoms with Crippen LogP contribution < -0.4 is 81.4 Å². The maximum absolute atomic E-state index is 15.4. The number of hydrogen-bond acceptors (Lipinski definition) is 21. The van der Waals surface area contributed by atoms with E-state index in [0.29, 0.717) is 63.4 Å². The van der Waals surface area contributed by atoms with E-state index in [0.717, 1.165) is 4.90 Å². The third kappa shape index (κ3) is 36.1. The second-order valence-corrected chi connectivity index (χ2v) is 34.2. The Morgan fingerprint density at radius 1 is 0.600 bits per heavy atom. The Kier molecular flexibility index (Phi) is 44.7. The number of carbonyl (C=O) groups is 18. The first-order chi connectivity index (χ1) is 56.2. The van der Waals surface area contributed by atoms with Crippen molar-refractivity contribution < 1.29 is 96.5 Å². The molecule has 672 valence electrons. The first-order valence-corrected chi connectivity index (χ1v) is 42.0. The van der Waals surface area contributed by atoms with Crippen LogP contribution in [0.15, 0.2) is 42.5 Å². The van der Waals surface area contributed by atoms with Crippen LogP contribution in [0.1, 0.15) is 237 Å². The van der Waals surface area contributed by atoms with Gasteiger partial charge in [-0.25, -0.2) is 0 Å². The Labute approximate surface area is 704 Å². The van der Waals surface area contributed by atoms with E-state index in [1.54, 1.807) is 78.8 Å². The quantitative estimate of drug-likeness (QED) is 0.0319. The molecule has 2 heterocycles. The van der Waals surface area contributed by atoms with Crippen molar-refractivity contribution in [3.05, 3.63) is 48.0 Å². The van der Waals surface area contributed by atoms with Crippen LogP contribution in [0, 0.1) is 34.5 Å². The highest BCUT2D eigenvalue weighted by Gasteiger charge is 2.46. The Hall–Kier alpha value is -10.1. The first kappa shape index (κ1) is 104. The van der Waals surface area contributed by atoms with Crippen LogP contribution in [-0.4, -0.2) is 219 Å². The van der Waals surface area contributed by atoms with Crippen LogP contribution in [0.5, 0.6) is 0 Å². The van der Waals surface area contributed by atoms with Gasteiger partial charge in [-0.3, -0.25) is 91.6 Å². The average Bonchev–Trinajstić information content (AvgIpc) is 1.44. The molecule has 0 aliphatic carbocycles. The van der Waals surface area contributed by atoms with E-state index in [1.165, 1.54) is 41.5 Å². The van der Waals surface area contributed by atoms with Crippen molar-refractivity contribution in [1.82, 2.24) is 63.4 Å². The van der Waals surface area contributed by atoms with Gasteiger partial charge in [-0.05, 0) is 146 Å². The van der Waals surface area contributed by atoms with Crippen LogP contribution >= 0.6 is 0 Å². The second-order valence-electron chi connectivity index (χ2n) is 34.2. The number of allylic oxidation sites excluding steroid dienone is 2. The number of carboxylic acids is 1. The van der Waals surface area contributed by atoms with Gasteiger partial charge >= 0.3 is 5.97 Å². The largest absolute Gasteiger partial charge is 0.481 e. The second kappa shape index (κ2) is 51.5. The lowest BCUT2D eigenvalue weighted by Crippen LogP contribution is -2.60. The lowest BCUT2D eigenvalue weighted by molar-refractivity contribution is -0.144. The molecule has 0 aromatic heterocycles. The molecule has 3 rings (SSSR count). The molecule has 36 nitrogen and oxygen atoms in total. The predicted octanol–water partition coefficient (Wildman–Crippen LogP) is 0.662. The minimum atomic E-state index is -1.73. The SMILES string of the molecule is CC(=O)CN[C@@H](CC(=O)O)C(=O)N[C@H](C(=O)N[C@@H](CC(N)=O)C(=O)N1CCC[C@H]1C(=O)N[C@H](C(=O)C[C@]1(C)CCCCCCC=CCCC[C@@](C)(C(=O)NC(C)C(=O)N[C@@H](CCC(N)=O)C(N)=O)CC(=O)[C@H](C(C)C)NC(=O)[C@H](CCCCN)NC(=O)[C@H](CC(C)C)NC(=O)[C@H](Cc2ccccc2)NC(=O)[C@H](CC(C)C)NC1=O)[C@@H](C)O)C(C)C. The number of aliphatic hydroxyl groups is 1. The molecule has 1 unspecified atom stereocenters. The van der Waals surface area contributed by atoms with Gasteiger partial charge in [0.15, 0.2) is 11.6 Å². The lowest BCUT2D eigenvalue weighted by Gasteiger charge is -2.34. The van der Waals surface area contributed by atoms with Crippen LogP contribution in [0.4, 0.5) is 0 Å². The van der Waals surface area contributed by atoms with Crippen LogP contribution in [0.3, 0.4) is 0 Å². The summed E-state index contributed by atoms with van der Waals surface area (Å²) >= 11 is 0. The van der Waals surface area contributed by atoms with Crippen molar-refractivity contribution in [3.8, 4) is 0 Å². The maximum atomic E-state index is 15.4. The standard InChI is InChI=1S/C84H136N16O20/c1-47(2)39-58-75(113)92-56(31-24-27-37-85)73(111)97-68(49(5)6)63(103)44-83(12,81(119)90-52(10)72(110)91-55(71(88)109)33-34-65(86)105)35-25-19-17-15-14-16-18-20-26-36-84(13,82(120)96-59(40-48(3)4)76(114)94-60(77(115)93-58)41-54-29-22-21-23-30-54)45-64(104)70(53(11)102)99-78(116)62-32-28-38-100(62)80(118)61(42-66(87)106)95-79(117)69(50(7)8)98-74(112)57(43-67(107)108)89-46-51(9)101/h15,17,21-23,29-30,47-50,52-53,55-62,68-70,89,102H,14,16,18-20,24-28,31-46,85H2,1-13H3,(H2,86,105)(H2,87,106)(H2,88,109)(H,90,119)(H,91,110)(H,92,113)(H,93,115)(H,94,114)(H,95,117)(H,96,120)(H,97,111)(H,98,112)(H,99,116)(H,107,108)/t52?,53-,55+,56+,57+,58+,59+,60+,61+,62+,68+,69+,70+,83-,84+/m1/s1. The monoisotopic (exact) mass is 1690 g/mol. The van der Waals surface area contributed by atoms with Gasteiger partial charge in [0.2, 0.25) is 82.7 Å². The number of aliphatic carboxylic acids is 1. The molecule has 1 aromatic carbocycles. The molecular formula is C84H136N16O20. The van der Waals surface area contributed by atoms with Crippen molar-refractivity contribution in [2.24, 2.45) is 57.4 Å². The Morgan fingerprint density at radius 3 is 1.73 bits per heavy atom. The number of amides is 14. The van der Waals surface area contributed by atoms with Crippen LogP contribution in [-0.2, 0) is 92.7 Å². The normalized spacial score (nSPS) is 23.0. The summed E-state index contributed by atoms with van der Waals surface area (Å²) in [5.41, 5.74) is 19.7. The number of ketones is 3. The molecule has 15 atom stereocenters. The zero-order chi connectivity index (χ0) is 90.5. The van der Waals surface area contributed by atoms with E-state index in [1.807, 2.05) is 12.2 Å². The number of primary amides is 3. The number of hydrogen-bond donors (Lipinski definition) is 17. The highest BCUT2D eigenvalue weighted by Crippen LogP contribution is 2.34. The molecule has 0 radical (unpaired) electrons. The third-order valence-corrected chi connectivity index (χ3v) is 21.4. The summed E-state index contributed by atoms with van der Waals surface area (Å²) in [6.07, 6.45) is 3.45. The van der Waals surface area contributed by atoms with Gasteiger partial charge in [0.25, 0.3) is 0 Å². The van der Waals surface area contributed by atoms with Gasteiger partial charge in [0.05, 0.1) is 48.4 Å². The van der Waals surface area contributed by atoms with Crippen molar-refractivity contribution >= 4 is 106 Å². The number of aliphatic hydroxyl groups excluding tert-OH is 1. The van der Waals surface area contributed by atoms with E-state index in [-0.39, 0.29) is 95.7 Å². The predicted molar refractivity (Wildman–Crippen MR) is 445 cm³/mol. The summed E-state index contributed by atoms with van der Waals surface area (Å²) in [4.78, 5) is 251. The molecule has 120 heavy (non-hydrogen) atoms. The molecule has 36 heteroatoms. The molecule has 1 fully saturated rings. The number of nitrogens with zero attached hydrogens (tertiary/aromatic N) is 1. The van der Waals surface area contributed by atoms with E-state index in [9.17, 15) is 77.3 Å². The number of rotatable bonds is 38. The topological polar surface area (TPSA) is 587 Å². The summed E-state index contributed by atoms with van der Waals surface area (Å²) in [6, 6.07) is -8.40. The average molecular weight is 1690 g/mol. The molecule has 21 N–H and O–H groups in total. The Bertz CT molecular complexity index is 3720. The van der Waals surface area contributed by atoms with E-state index in [2.05, 4.69) is 58.5 Å². The van der Waals surface area contributed by atoms with Gasteiger partial charge in [-0.1, -0.05) is 131 Å². The van der Waals surface area contributed by atoms with E-state index < -0.39 is 233 Å². The van der Waals surface area contributed by atoms with Gasteiger partial charge in [-0.15, -0.1) is 0 Å². The van der Waals surface area contributed by atoms with Gasteiger partial charge in [0.1, 0.15) is 66.2 Å². The van der Waals surface area contributed by atoms with Gasteiger partial charge in [0, 0.05) is 32.2 Å². The van der Waals surface area contributed by atoms with Crippen LogP contribution in [0.25, 0.3) is 0 Å². The number of carbonyl (C=O) groups excluding carboxylic acids is 17. The number of benzene rings is 1. The highest BCUT2D eigenvalue weighted by atomic mass is 16.4. The fourth-order valence-electron chi connectivity index (χ4n) is 14.5. The van der Waals surface area contributed by atoms with Gasteiger partial charge < -0.3 is 91.2 Å². The van der Waals surface area contributed by atoms with E-state index >= 15 is 19.2 Å². The zero-order valence-electron chi connectivity index (χ0n) is 72.2. The molecule has 2 aliphatic heterocycles. The number of likely N-dealkylation sites (tertiary alicyclic amines) is 1. The summed E-state index contributed by atoms with van der Waals surface area (Å²) in [6.45, 7) is 20.3. The molecule has 1 saturated heterocycles. The molecular weight excluding hydrogens is 1550 g/mol. The molecule has 0 saturated carbocycles. The third-order valence-electron chi connectivity index (χ3n) is 21.4. The molecule has 14 amide bonds.